The number of anilines is 1. The van der Waals surface area contributed by atoms with E-state index in [-0.39, 0.29) is 5.56 Å². The van der Waals surface area contributed by atoms with Crippen molar-refractivity contribution >= 4 is 22.6 Å². The summed E-state index contributed by atoms with van der Waals surface area (Å²) in [7, 11) is 0. The predicted octanol–water partition coefficient (Wildman–Crippen LogP) is 0.0445. The first-order valence-electron chi connectivity index (χ1n) is 6.94. The number of hydrogen-bond acceptors (Lipinski definition) is 6. The Morgan fingerprint density at radius 1 is 1.27 bits per heavy atom. The van der Waals surface area contributed by atoms with Crippen molar-refractivity contribution in [3.8, 4) is 0 Å². The molecular formula is C14H17N5O3. The number of nitrogens with zero attached hydrogens (tertiary/aromatic N) is 2. The third-order valence-electron chi connectivity index (χ3n) is 3.71. The molecule has 3 rings (SSSR count). The SMILES string of the molecule is NN1CCN(Nc2ccc3c(=O)c(C(=O)O)c[nH]c3c2)CC1. The Labute approximate surface area is 126 Å². The molecule has 1 fully saturated rings. The first-order chi connectivity index (χ1) is 10.5. The van der Waals surface area contributed by atoms with E-state index in [4.69, 9.17) is 10.9 Å². The van der Waals surface area contributed by atoms with Gasteiger partial charge in [-0.25, -0.2) is 14.8 Å². The van der Waals surface area contributed by atoms with Crippen LogP contribution in [0.1, 0.15) is 10.4 Å². The number of fused-ring (bicyclic) bond motifs is 1. The highest BCUT2D eigenvalue weighted by molar-refractivity contribution is 5.92. The molecule has 116 valence electrons. The number of hydrazine groups is 2. The van der Waals surface area contributed by atoms with Crippen LogP contribution in [0.5, 0.6) is 0 Å². The van der Waals surface area contributed by atoms with Gasteiger partial charge in [0, 0.05) is 37.8 Å². The van der Waals surface area contributed by atoms with Gasteiger partial charge in [-0.05, 0) is 18.2 Å². The average Bonchev–Trinajstić information content (AvgIpc) is 2.49. The molecule has 8 heteroatoms. The van der Waals surface area contributed by atoms with E-state index in [1.165, 1.54) is 6.20 Å². The highest BCUT2D eigenvalue weighted by Gasteiger charge is 2.15. The van der Waals surface area contributed by atoms with Crippen LogP contribution in [0.2, 0.25) is 0 Å². The van der Waals surface area contributed by atoms with Crippen LogP contribution in [0, 0.1) is 0 Å². The molecule has 0 spiro atoms. The fourth-order valence-electron chi connectivity index (χ4n) is 2.47. The number of aromatic amines is 1. The molecule has 0 bridgehead atoms. The minimum atomic E-state index is -1.23. The zero-order valence-corrected chi connectivity index (χ0v) is 11.9. The van der Waals surface area contributed by atoms with Crippen molar-refractivity contribution in [3.63, 3.8) is 0 Å². The summed E-state index contributed by atoms with van der Waals surface area (Å²) >= 11 is 0. The summed E-state index contributed by atoms with van der Waals surface area (Å²) in [4.78, 5) is 25.9. The van der Waals surface area contributed by atoms with Crippen molar-refractivity contribution in [1.82, 2.24) is 15.0 Å². The van der Waals surface area contributed by atoms with Crippen LogP contribution in [0.4, 0.5) is 5.69 Å². The topological polar surface area (TPSA) is 115 Å². The number of H-pyrrole nitrogens is 1. The molecule has 8 nitrogen and oxygen atoms in total. The zero-order valence-electron chi connectivity index (χ0n) is 11.9. The molecule has 1 saturated heterocycles. The minimum Gasteiger partial charge on any atom is -0.477 e. The van der Waals surface area contributed by atoms with Crippen molar-refractivity contribution in [2.45, 2.75) is 0 Å². The van der Waals surface area contributed by atoms with Crippen molar-refractivity contribution < 1.29 is 9.90 Å². The Balaban J connectivity index is 1.86. The normalized spacial score (nSPS) is 16.8. The molecule has 0 radical (unpaired) electrons. The standard InChI is InChI=1S/C14H17N5O3/c15-18-3-5-19(6-4-18)17-9-1-2-10-12(7-9)16-8-11(13(10)20)14(21)22/h1-2,7-8,17H,3-6,15H2,(H,16,20)(H,21,22). The Kier molecular flexibility index (Phi) is 3.80. The largest absolute Gasteiger partial charge is 0.477 e. The van der Waals surface area contributed by atoms with Crippen molar-refractivity contribution in [3.05, 3.63) is 40.2 Å². The fourth-order valence-corrected chi connectivity index (χ4v) is 2.47. The molecular weight excluding hydrogens is 286 g/mol. The van der Waals surface area contributed by atoms with E-state index >= 15 is 0 Å². The Morgan fingerprint density at radius 2 is 2.00 bits per heavy atom. The Bertz CT molecular complexity index is 765. The van der Waals surface area contributed by atoms with Gasteiger partial charge in [-0.2, -0.15) is 0 Å². The molecule has 1 aromatic heterocycles. The molecule has 0 atom stereocenters. The molecule has 22 heavy (non-hydrogen) atoms. The second-order valence-corrected chi connectivity index (χ2v) is 5.23. The van der Waals surface area contributed by atoms with E-state index < -0.39 is 11.4 Å². The second kappa shape index (κ2) is 5.76. The smallest absolute Gasteiger partial charge is 0.341 e. The highest BCUT2D eigenvalue weighted by Crippen LogP contribution is 2.16. The lowest BCUT2D eigenvalue weighted by Crippen LogP contribution is -2.51. The fraction of sp³-hybridized carbons (Fsp3) is 0.286. The number of carboxylic acids is 1. The van der Waals surface area contributed by atoms with E-state index in [1.54, 1.807) is 23.2 Å². The summed E-state index contributed by atoms with van der Waals surface area (Å²) in [6.45, 7) is 3.14. The number of aromatic carboxylic acids is 1. The van der Waals surface area contributed by atoms with Crippen LogP contribution < -0.4 is 16.7 Å². The summed E-state index contributed by atoms with van der Waals surface area (Å²) < 4.78 is 0. The monoisotopic (exact) mass is 303 g/mol. The van der Waals surface area contributed by atoms with Crippen molar-refractivity contribution in [1.29, 1.82) is 0 Å². The van der Waals surface area contributed by atoms with Crippen LogP contribution in [0.15, 0.2) is 29.2 Å². The number of carboxylic acid groups (broad SMARTS) is 1. The number of rotatable bonds is 3. The molecule has 0 unspecified atom stereocenters. The van der Waals surface area contributed by atoms with Gasteiger partial charge < -0.3 is 15.5 Å². The number of nitrogens with two attached hydrogens (primary N) is 1. The number of piperazine rings is 1. The summed E-state index contributed by atoms with van der Waals surface area (Å²) in [5.41, 5.74) is 3.95. The maximum Gasteiger partial charge on any atom is 0.341 e. The molecule has 5 N–H and O–H groups in total. The quantitative estimate of drug-likeness (QED) is 0.592. The third-order valence-corrected chi connectivity index (χ3v) is 3.71. The number of aromatic nitrogens is 1. The van der Waals surface area contributed by atoms with E-state index in [0.29, 0.717) is 10.9 Å². The van der Waals surface area contributed by atoms with Crippen molar-refractivity contribution in [2.75, 3.05) is 31.6 Å². The minimum absolute atomic E-state index is 0.257. The summed E-state index contributed by atoms with van der Waals surface area (Å²) in [5, 5.41) is 13.1. The maximum absolute atomic E-state index is 12.1. The summed E-state index contributed by atoms with van der Waals surface area (Å²) in [5.74, 6) is 4.48. The molecule has 2 aromatic rings. The van der Waals surface area contributed by atoms with Crippen LogP contribution in [0.3, 0.4) is 0 Å². The molecule has 1 aromatic carbocycles. The molecule has 0 saturated carbocycles. The predicted molar refractivity (Wildman–Crippen MR) is 82.5 cm³/mol. The highest BCUT2D eigenvalue weighted by atomic mass is 16.4. The van der Waals surface area contributed by atoms with Gasteiger partial charge in [0.2, 0.25) is 5.43 Å². The second-order valence-electron chi connectivity index (χ2n) is 5.23. The zero-order chi connectivity index (χ0) is 15.7. The van der Waals surface area contributed by atoms with Crippen LogP contribution in [-0.4, -0.2) is 52.3 Å². The maximum atomic E-state index is 12.1. The van der Waals surface area contributed by atoms with E-state index in [9.17, 15) is 9.59 Å². The average molecular weight is 303 g/mol. The third kappa shape index (κ3) is 2.80. The number of carbonyl (C=O) groups is 1. The Hall–Kier alpha value is -2.42. The van der Waals surface area contributed by atoms with Gasteiger partial charge >= 0.3 is 5.97 Å². The van der Waals surface area contributed by atoms with Gasteiger partial charge in [0.1, 0.15) is 5.56 Å². The first-order valence-corrected chi connectivity index (χ1v) is 6.94. The van der Waals surface area contributed by atoms with Gasteiger partial charge in [0.15, 0.2) is 0 Å². The Morgan fingerprint density at radius 3 is 2.68 bits per heavy atom. The lowest BCUT2D eigenvalue weighted by Gasteiger charge is -2.32. The van der Waals surface area contributed by atoms with Gasteiger partial charge in [-0.15, -0.1) is 0 Å². The van der Waals surface area contributed by atoms with Gasteiger partial charge in [-0.3, -0.25) is 10.6 Å². The van der Waals surface area contributed by atoms with E-state index in [2.05, 4.69) is 10.4 Å². The van der Waals surface area contributed by atoms with Crippen LogP contribution in [0.25, 0.3) is 10.9 Å². The number of pyridine rings is 1. The molecule has 0 amide bonds. The lowest BCUT2D eigenvalue weighted by molar-refractivity contribution is 0.0695. The van der Waals surface area contributed by atoms with Crippen molar-refractivity contribution in [2.24, 2.45) is 5.84 Å². The molecule has 0 aliphatic carbocycles. The lowest BCUT2D eigenvalue weighted by atomic mass is 10.1. The van der Waals surface area contributed by atoms with E-state index in [0.717, 1.165) is 31.9 Å². The van der Waals surface area contributed by atoms with Crippen LogP contribution in [-0.2, 0) is 0 Å². The van der Waals surface area contributed by atoms with Crippen LogP contribution >= 0.6 is 0 Å². The van der Waals surface area contributed by atoms with Gasteiger partial charge in [0.05, 0.1) is 11.2 Å². The number of hydrogen-bond donors (Lipinski definition) is 4. The van der Waals surface area contributed by atoms with E-state index in [1.807, 2.05) is 5.01 Å². The molecule has 1 aliphatic heterocycles. The molecule has 1 aliphatic rings. The summed E-state index contributed by atoms with van der Waals surface area (Å²) in [6, 6.07) is 5.18. The summed E-state index contributed by atoms with van der Waals surface area (Å²) in [6.07, 6.45) is 1.23. The van der Waals surface area contributed by atoms with Gasteiger partial charge in [0.25, 0.3) is 0 Å². The number of benzene rings is 1. The van der Waals surface area contributed by atoms with Gasteiger partial charge in [-0.1, -0.05) is 0 Å². The number of nitrogens with one attached hydrogen (secondary N) is 2. The first kappa shape index (κ1) is 14.5. The molecule has 2 heterocycles.